The molecule has 128 valence electrons. The van der Waals surface area contributed by atoms with Crippen LogP contribution in [0.1, 0.15) is 26.0 Å². The maximum atomic E-state index is 5.26. The molecule has 23 heavy (non-hydrogen) atoms. The first-order chi connectivity index (χ1) is 11.0. The highest BCUT2D eigenvalue weighted by atomic mass is 32.1. The van der Waals surface area contributed by atoms with Crippen molar-refractivity contribution in [2.24, 2.45) is 11.8 Å². The Morgan fingerprint density at radius 3 is 2.70 bits per heavy atom. The fraction of sp³-hybridized carbons (Fsp3) is 0.688. The summed E-state index contributed by atoms with van der Waals surface area (Å²) >= 11 is 5.26. The van der Waals surface area contributed by atoms with Crippen LogP contribution in [0.5, 0.6) is 0 Å². The van der Waals surface area contributed by atoms with E-state index in [2.05, 4.69) is 39.3 Å². The van der Waals surface area contributed by atoms with E-state index < -0.39 is 0 Å². The van der Waals surface area contributed by atoms with Gasteiger partial charge in [-0.3, -0.25) is 0 Å². The van der Waals surface area contributed by atoms with Crippen molar-refractivity contribution in [2.75, 3.05) is 43.6 Å². The lowest BCUT2D eigenvalue weighted by molar-refractivity contribution is 0.204. The zero-order chi connectivity index (χ0) is 16.8. The van der Waals surface area contributed by atoms with E-state index in [1.165, 1.54) is 6.42 Å². The molecule has 1 saturated heterocycles. The number of hydrogen-bond donors (Lipinski definition) is 2. The van der Waals surface area contributed by atoms with E-state index in [0.29, 0.717) is 36.0 Å². The van der Waals surface area contributed by atoms with Crippen LogP contribution in [0.4, 0.5) is 11.8 Å². The average molecular weight is 337 g/mol. The first kappa shape index (κ1) is 17.9. The maximum absolute atomic E-state index is 5.26. The summed E-state index contributed by atoms with van der Waals surface area (Å²) in [6.45, 7) is 9.91. The van der Waals surface area contributed by atoms with Gasteiger partial charge in [-0.2, -0.15) is 4.98 Å². The SMILES string of the molecule is COCCNC(=S)Nc1nc(C)cc(N2C[C@H](C)C[C@@H](C)C2)n1. The number of nitrogens with zero attached hydrogens (tertiary/aromatic N) is 3. The van der Waals surface area contributed by atoms with Gasteiger partial charge in [0.2, 0.25) is 5.95 Å². The van der Waals surface area contributed by atoms with E-state index in [0.717, 1.165) is 24.6 Å². The molecule has 0 unspecified atom stereocenters. The molecule has 7 heteroatoms. The molecule has 2 atom stereocenters. The first-order valence-electron chi connectivity index (χ1n) is 8.12. The smallest absolute Gasteiger partial charge is 0.231 e. The molecule has 0 bridgehead atoms. The Morgan fingerprint density at radius 2 is 2.04 bits per heavy atom. The van der Waals surface area contributed by atoms with Gasteiger partial charge in [-0.05, 0) is 37.4 Å². The van der Waals surface area contributed by atoms with Crippen LogP contribution in [0.25, 0.3) is 0 Å². The summed E-state index contributed by atoms with van der Waals surface area (Å²) in [5.41, 5.74) is 0.933. The van der Waals surface area contributed by atoms with Crippen LogP contribution in [0.3, 0.4) is 0 Å². The number of nitrogens with one attached hydrogen (secondary N) is 2. The number of hydrogen-bond acceptors (Lipinski definition) is 5. The summed E-state index contributed by atoms with van der Waals surface area (Å²) in [7, 11) is 1.66. The number of aromatic nitrogens is 2. The van der Waals surface area contributed by atoms with Crippen LogP contribution in [0.15, 0.2) is 6.07 Å². The van der Waals surface area contributed by atoms with E-state index in [-0.39, 0.29) is 0 Å². The molecular formula is C16H27N5OS. The fourth-order valence-electron chi connectivity index (χ4n) is 3.03. The number of ether oxygens (including phenoxy) is 1. The number of anilines is 2. The minimum atomic E-state index is 0.513. The quantitative estimate of drug-likeness (QED) is 0.631. The molecule has 6 nitrogen and oxygen atoms in total. The van der Waals surface area contributed by atoms with Gasteiger partial charge < -0.3 is 20.3 Å². The largest absolute Gasteiger partial charge is 0.383 e. The van der Waals surface area contributed by atoms with Gasteiger partial charge in [-0.25, -0.2) is 4.98 Å². The molecule has 2 N–H and O–H groups in total. The van der Waals surface area contributed by atoms with Crippen molar-refractivity contribution in [3.05, 3.63) is 11.8 Å². The third-order valence-electron chi connectivity index (χ3n) is 3.85. The summed E-state index contributed by atoms with van der Waals surface area (Å²) < 4.78 is 4.99. The molecule has 2 heterocycles. The van der Waals surface area contributed by atoms with E-state index in [1.807, 2.05) is 13.0 Å². The number of aryl methyl sites for hydroxylation is 1. The topological polar surface area (TPSA) is 62.3 Å². The standard InChI is InChI=1S/C16H27N5OS/c1-11-7-12(2)10-21(9-11)14-8-13(3)18-15(19-14)20-16(23)17-5-6-22-4/h8,11-12H,5-7,9-10H2,1-4H3,(H2,17,18,19,20,23)/t11-,12-/m1/s1. The lowest BCUT2D eigenvalue weighted by Crippen LogP contribution is -2.39. The molecule has 0 aromatic carbocycles. The lowest BCUT2D eigenvalue weighted by Gasteiger charge is -2.36. The van der Waals surface area contributed by atoms with Gasteiger partial charge in [0.15, 0.2) is 5.11 Å². The minimum Gasteiger partial charge on any atom is -0.383 e. The molecule has 1 aromatic heterocycles. The Bertz CT molecular complexity index is 529. The van der Waals surface area contributed by atoms with Crippen LogP contribution in [-0.2, 0) is 4.74 Å². The highest BCUT2D eigenvalue weighted by molar-refractivity contribution is 7.80. The molecule has 1 fully saturated rings. The van der Waals surface area contributed by atoms with E-state index >= 15 is 0 Å². The zero-order valence-corrected chi connectivity index (χ0v) is 15.2. The van der Waals surface area contributed by atoms with Gasteiger partial charge in [-0.15, -0.1) is 0 Å². The summed E-state index contributed by atoms with van der Waals surface area (Å²) in [5, 5.41) is 6.64. The molecule has 0 saturated carbocycles. The minimum absolute atomic E-state index is 0.513. The third-order valence-corrected chi connectivity index (χ3v) is 4.10. The lowest BCUT2D eigenvalue weighted by atomic mass is 9.92. The van der Waals surface area contributed by atoms with Crippen LogP contribution < -0.4 is 15.5 Å². The number of methoxy groups -OCH3 is 1. The Kier molecular flexibility index (Phi) is 6.53. The van der Waals surface area contributed by atoms with Crippen LogP contribution in [-0.4, -0.2) is 48.4 Å². The molecule has 1 aliphatic heterocycles. The molecule has 0 amide bonds. The van der Waals surface area contributed by atoms with E-state index in [4.69, 9.17) is 17.0 Å². The van der Waals surface area contributed by atoms with Crippen molar-refractivity contribution in [3.8, 4) is 0 Å². The monoisotopic (exact) mass is 337 g/mol. The molecule has 1 aliphatic rings. The van der Waals surface area contributed by atoms with Crippen molar-refractivity contribution in [1.29, 1.82) is 0 Å². The fourth-order valence-corrected chi connectivity index (χ4v) is 3.23. The van der Waals surface area contributed by atoms with Gasteiger partial charge in [0.05, 0.1) is 6.61 Å². The molecule has 0 radical (unpaired) electrons. The summed E-state index contributed by atoms with van der Waals surface area (Å²) in [5.74, 6) is 2.88. The van der Waals surface area contributed by atoms with Crippen LogP contribution in [0, 0.1) is 18.8 Å². The predicted molar refractivity (Wildman–Crippen MR) is 98.0 cm³/mol. The van der Waals surface area contributed by atoms with Crippen LogP contribution in [0.2, 0.25) is 0 Å². The van der Waals surface area contributed by atoms with Crippen molar-refractivity contribution in [3.63, 3.8) is 0 Å². The van der Waals surface area contributed by atoms with Crippen molar-refractivity contribution in [2.45, 2.75) is 27.2 Å². The van der Waals surface area contributed by atoms with E-state index in [1.54, 1.807) is 7.11 Å². The van der Waals surface area contributed by atoms with Gasteiger partial charge in [0, 0.05) is 38.5 Å². The molecule has 2 rings (SSSR count). The highest BCUT2D eigenvalue weighted by Gasteiger charge is 2.23. The first-order valence-corrected chi connectivity index (χ1v) is 8.53. The van der Waals surface area contributed by atoms with Crippen molar-refractivity contribution >= 4 is 29.1 Å². The molecular weight excluding hydrogens is 310 g/mol. The van der Waals surface area contributed by atoms with Gasteiger partial charge >= 0.3 is 0 Å². The Morgan fingerprint density at radius 1 is 1.35 bits per heavy atom. The normalized spacial score (nSPS) is 21.1. The summed E-state index contributed by atoms with van der Waals surface area (Å²) in [4.78, 5) is 11.4. The number of rotatable bonds is 5. The predicted octanol–water partition coefficient (Wildman–Crippen LogP) is 2.20. The van der Waals surface area contributed by atoms with Crippen molar-refractivity contribution in [1.82, 2.24) is 15.3 Å². The molecule has 0 aliphatic carbocycles. The highest BCUT2D eigenvalue weighted by Crippen LogP contribution is 2.25. The summed E-state index contributed by atoms with van der Waals surface area (Å²) in [6, 6.07) is 2.04. The second-order valence-electron chi connectivity index (χ2n) is 6.42. The second kappa shape index (κ2) is 8.40. The molecule has 0 spiro atoms. The average Bonchev–Trinajstić information content (AvgIpc) is 2.46. The van der Waals surface area contributed by atoms with Gasteiger partial charge in [0.25, 0.3) is 0 Å². The number of piperidine rings is 1. The van der Waals surface area contributed by atoms with Gasteiger partial charge in [0.1, 0.15) is 5.82 Å². The number of thiocarbonyl (C=S) groups is 1. The maximum Gasteiger partial charge on any atom is 0.231 e. The van der Waals surface area contributed by atoms with Gasteiger partial charge in [-0.1, -0.05) is 13.8 Å². The Balaban J connectivity index is 2.05. The van der Waals surface area contributed by atoms with Crippen LogP contribution >= 0.6 is 12.2 Å². The summed E-state index contributed by atoms with van der Waals surface area (Å²) in [6.07, 6.45) is 1.28. The molecule has 1 aromatic rings. The second-order valence-corrected chi connectivity index (χ2v) is 6.82. The Labute approximate surface area is 144 Å². The van der Waals surface area contributed by atoms with E-state index in [9.17, 15) is 0 Å². The zero-order valence-electron chi connectivity index (χ0n) is 14.4. The Hall–Kier alpha value is -1.47. The third kappa shape index (κ3) is 5.58. The van der Waals surface area contributed by atoms with Crippen molar-refractivity contribution < 1.29 is 4.74 Å².